The standard InChI is InChI=1S/C13H22N4O4/c1-17(2,3)10(13(20)21)4-5-11-15-7-8(16-11)6-9(14)12(18)19/h7,9-10H,4-6,14H2,1-3H3,(H2-,15,16,18,19,20,21)/t9-,10?/m0/s1. The Morgan fingerprint density at radius 3 is 2.57 bits per heavy atom. The second-order valence-corrected chi connectivity index (χ2v) is 5.99. The zero-order chi connectivity index (χ0) is 16.2. The van der Waals surface area contributed by atoms with E-state index in [1.807, 2.05) is 0 Å². The maximum absolute atomic E-state index is 11.2. The molecule has 0 radical (unpaired) electrons. The lowest BCUT2D eigenvalue weighted by Crippen LogP contribution is -2.55. The summed E-state index contributed by atoms with van der Waals surface area (Å²) in [6.45, 7) is 0. The van der Waals surface area contributed by atoms with Gasteiger partial charge < -0.3 is 30.2 Å². The van der Waals surface area contributed by atoms with Crippen molar-refractivity contribution in [1.82, 2.24) is 9.97 Å². The number of carbonyl (C=O) groups is 2. The number of carboxylic acids is 2. The van der Waals surface area contributed by atoms with E-state index >= 15 is 0 Å². The van der Waals surface area contributed by atoms with Crippen molar-refractivity contribution in [2.45, 2.75) is 31.3 Å². The first-order chi connectivity index (χ1) is 9.61. The third-order valence-electron chi connectivity index (χ3n) is 3.30. The smallest absolute Gasteiger partial charge is 0.320 e. The maximum atomic E-state index is 11.2. The molecule has 118 valence electrons. The van der Waals surface area contributed by atoms with E-state index in [2.05, 4.69) is 9.97 Å². The number of nitrogens with zero attached hydrogens (tertiary/aromatic N) is 2. The Balaban J connectivity index is 2.62. The topological polar surface area (TPSA) is 132 Å². The number of nitrogens with one attached hydrogen (secondary N) is 1. The third-order valence-corrected chi connectivity index (χ3v) is 3.30. The van der Waals surface area contributed by atoms with Gasteiger partial charge in [0.25, 0.3) is 0 Å². The highest BCUT2D eigenvalue weighted by Crippen LogP contribution is 2.11. The number of hydrogen-bond acceptors (Lipinski definition) is 5. The summed E-state index contributed by atoms with van der Waals surface area (Å²) < 4.78 is 0.264. The van der Waals surface area contributed by atoms with Gasteiger partial charge in [-0.15, -0.1) is 0 Å². The van der Waals surface area contributed by atoms with Gasteiger partial charge in [-0.2, -0.15) is 0 Å². The lowest BCUT2D eigenvalue weighted by Gasteiger charge is -2.34. The summed E-state index contributed by atoms with van der Waals surface area (Å²) in [5, 5.41) is 19.9. The SMILES string of the molecule is C[N+](C)(C)C(CCc1ncc(C[C@H](N)C(=O)O)[nH]1)C(=O)[O-]. The summed E-state index contributed by atoms with van der Waals surface area (Å²) in [6.07, 6.45) is 2.50. The quantitative estimate of drug-likeness (QED) is 0.481. The number of rotatable bonds is 8. The molecule has 1 aromatic rings. The number of hydrogen-bond donors (Lipinski definition) is 3. The summed E-state index contributed by atoms with van der Waals surface area (Å²) in [7, 11) is 5.37. The van der Waals surface area contributed by atoms with Crippen LogP contribution in [0.2, 0.25) is 0 Å². The molecule has 0 bridgehead atoms. The van der Waals surface area contributed by atoms with Gasteiger partial charge in [0.15, 0.2) is 0 Å². The largest absolute Gasteiger partial charge is 0.544 e. The van der Waals surface area contributed by atoms with Crippen LogP contribution in [-0.2, 0) is 22.4 Å². The number of aromatic amines is 1. The van der Waals surface area contributed by atoms with E-state index in [0.29, 0.717) is 24.4 Å². The summed E-state index contributed by atoms with van der Waals surface area (Å²) in [5.74, 6) is -1.56. The lowest BCUT2D eigenvalue weighted by atomic mass is 10.1. The first-order valence-corrected chi connectivity index (χ1v) is 6.64. The molecule has 21 heavy (non-hydrogen) atoms. The van der Waals surface area contributed by atoms with Crippen LogP contribution in [0.15, 0.2) is 6.20 Å². The fourth-order valence-corrected chi connectivity index (χ4v) is 2.06. The molecule has 1 rings (SSSR count). The molecule has 0 aliphatic heterocycles. The van der Waals surface area contributed by atoms with Gasteiger partial charge in [-0.25, -0.2) is 4.98 Å². The van der Waals surface area contributed by atoms with E-state index in [1.54, 1.807) is 21.1 Å². The van der Waals surface area contributed by atoms with E-state index in [4.69, 9.17) is 10.8 Å². The number of aliphatic carboxylic acids is 2. The fraction of sp³-hybridized carbons (Fsp3) is 0.615. The van der Waals surface area contributed by atoms with Crippen LogP contribution in [-0.4, -0.2) is 64.7 Å². The van der Waals surface area contributed by atoms with Gasteiger partial charge in [0, 0.05) is 31.2 Å². The second-order valence-electron chi connectivity index (χ2n) is 5.99. The summed E-state index contributed by atoms with van der Waals surface area (Å²) in [4.78, 5) is 28.9. The second kappa shape index (κ2) is 6.68. The normalized spacial score (nSPS) is 14.7. The van der Waals surface area contributed by atoms with E-state index in [1.165, 1.54) is 6.20 Å². The predicted octanol–water partition coefficient (Wildman–Crippen LogP) is -1.88. The van der Waals surface area contributed by atoms with Crippen molar-refractivity contribution in [3.8, 4) is 0 Å². The monoisotopic (exact) mass is 298 g/mol. The van der Waals surface area contributed by atoms with Crippen LogP contribution in [0.3, 0.4) is 0 Å². The zero-order valence-electron chi connectivity index (χ0n) is 12.5. The van der Waals surface area contributed by atoms with Gasteiger partial charge in [-0.05, 0) is 0 Å². The number of aryl methyl sites for hydroxylation is 1. The predicted molar refractivity (Wildman–Crippen MR) is 73.1 cm³/mol. The zero-order valence-corrected chi connectivity index (χ0v) is 12.5. The Kier molecular flexibility index (Phi) is 5.45. The van der Waals surface area contributed by atoms with Crippen LogP contribution in [0.4, 0.5) is 0 Å². The molecule has 1 heterocycles. The summed E-state index contributed by atoms with van der Waals surface area (Å²) in [6, 6.07) is -1.62. The number of aromatic nitrogens is 2. The highest BCUT2D eigenvalue weighted by Gasteiger charge is 2.25. The van der Waals surface area contributed by atoms with Crippen molar-refractivity contribution in [3.05, 3.63) is 17.7 Å². The van der Waals surface area contributed by atoms with Crippen LogP contribution in [0.1, 0.15) is 17.9 Å². The Bertz CT molecular complexity index is 507. The molecule has 2 atom stereocenters. The minimum atomic E-state index is -1.10. The van der Waals surface area contributed by atoms with Crippen LogP contribution < -0.4 is 10.8 Å². The number of likely N-dealkylation sites (N-methyl/N-ethyl adjacent to an activating group) is 1. The van der Waals surface area contributed by atoms with Crippen molar-refractivity contribution in [2.75, 3.05) is 21.1 Å². The van der Waals surface area contributed by atoms with Gasteiger partial charge in [-0.3, -0.25) is 4.79 Å². The van der Waals surface area contributed by atoms with E-state index in [9.17, 15) is 14.7 Å². The van der Waals surface area contributed by atoms with Gasteiger partial charge in [0.1, 0.15) is 17.9 Å². The van der Waals surface area contributed by atoms with Crippen molar-refractivity contribution in [1.29, 1.82) is 0 Å². The maximum Gasteiger partial charge on any atom is 0.320 e. The molecule has 0 saturated carbocycles. The molecular weight excluding hydrogens is 276 g/mol. The number of imidazole rings is 1. The van der Waals surface area contributed by atoms with E-state index < -0.39 is 24.0 Å². The van der Waals surface area contributed by atoms with Gasteiger partial charge >= 0.3 is 5.97 Å². The molecule has 0 aliphatic rings. The minimum absolute atomic E-state index is 0.154. The van der Waals surface area contributed by atoms with Gasteiger partial charge in [0.2, 0.25) is 0 Å². The third kappa shape index (κ3) is 5.16. The average molecular weight is 298 g/mol. The Morgan fingerprint density at radius 2 is 2.10 bits per heavy atom. The number of H-pyrrole nitrogens is 1. The molecule has 4 N–H and O–H groups in total. The summed E-state index contributed by atoms with van der Waals surface area (Å²) >= 11 is 0. The minimum Gasteiger partial charge on any atom is -0.544 e. The van der Waals surface area contributed by atoms with Crippen molar-refractivity contribution in [3.63, 3.8) is 0 Å². The first kappa shape index (κ1) is 17.1. The van der Waals surface area contributed by atoms with E-state index in [-0.39, 0.29) is 10.9 Å². The molecule has 0 spiro atoms. The first-order valence-electron chi connectivity index (χ1n) is 6.64. The molecule has 0 saturated heterocycles. The van der Waals surface area contributed by atoms with Crippen molar-refractivity contribution < 1.29 is 24.3 Å². The Morgan fingerprint density at radius 1 is 1.48 bits per heavy atom. The van der Waals surface area contributed by atoms with Crippen molar-refractivity contribution >= 4 is 11.9 Å². The van der Waals surface area contributed by atoms with E-state index in [0.717, 1.165) is 0 Å². The highest BCUT2D eigenvalue weighted by molar-refractivity contribution is 5.73. The Labute approximate surface area is 123 Å². The molecule has 0 amide bonds. The highest BCUT2D eigenvalue weighted by atomic mass is 16.4. The molecule has 0 aliphatic carbocycles. The molecule has 1 unspecified atom stereocenters. The molecule has 0 aromatic carbocycles. The number of nitrogens with two attached hydrogens (primary N) is 1. The molecule has 8 heteroatoms. The van der Waals surface area contributed by atoms with Crippen LogP contribution in [0.25, 0.3) is 0 Å². The number of carboxylic acid groups (broad SMARTS) is 2. The van der Waals surface area contributed by atoms with Crippen molar-refractivity contribution in [2.24, 2.45) is 5.73 Å². The van der Waals surface area contributed by atoms with Crippen LogP contribution in [0, 0.1) is 0 Å². The molecular formula is C13H22N4O4. The lowest BCUT2D eigenvalue weighted by molar-refractivity contribution is -0.889. The van der Waals surface area contributed by atoms with Gasteiger partial charge in [0.05, 0.1) is 27.1 Å². The Hall–Kier alpha value is -1.93. The van der Waals surface area contributed by atoms with Gasteiger partial charge in [-0.1, -0.05) is 0 Å². The van der Waals surface area contributed by atoms with Crippen LogP contribution in [0.5, 0.6) is 0 Å². The number of carbonyl (C=O) groups excluding carboxylic acids is 1. The fourth-order valence-electron chi connectivity index (χ4n) is 2.06. The van der Waals surface area contributed by atoms with Crippen LogP contribution >= 0.6 is 0 Å². The summed E-state index contributed by atoms with van der Waals surface area (Å²) in [5.41, 5.74) is 6.06. The molecule has 0 fully saturated rings. The average Bonchev–Trinajstić information content (AvgIpc) is 2.74. The molecule has 8 nitrogen and oxygen atoms in total. The number of quaternary nitrogens is 1. The molecule has 1 aromatic heterocycles.